The largest absolute Gasteiger partial charge is 0.441 e. The minimum Gasteiger partial charge on any atom is -0.441 e. The molecule has 1 saturated heterocycles. The fraction of sp³-hybridized carbons (Fsp3) is 0.348. The number of rotatable bonds is 6. The molecular formula is C23H25N3O4S2. The van der Waals surface area contributed by atoms with Crippen LogP contribution in [0.5, 0.6) is 0 Å². The fourth-order valence-corrected chi connectivity index (χ4v) is 6.09. The smallest absolute Gasteiger partial charge is 0.414 e. The Kier molecular flexibility index (Phi) is 7.26. The molecule has 32 heavy (non-hydrogen) atoms. The van der Waals surface area contributed by atoms with Crippen molar-refractivity contribution in [1.29, 1.82) is 0 Å². The van der Waals surface area contributed by atoms with Gasteiger partial charge in [0.25, 0.3) is 5.91 Å². The highest BCUT2D eigenvalue weighted by Gasteiger charge is 2.38. The van der Waals surface area contributed by atoms with Crippen molar-refractivity contribution in [3.8, 4) is 0 Å². The lowest BCUT2D eigenvalue weighted by Gasteiger charge is -2.22. The van der Waals surface area contributed by atoms with Gasteiger partial charge in [0.1, 0.15) is 6.10 Å². The summed E-state index contributed by atoms with van der Waals surface area (Å²) in [6.45, 7) is 1.92. The summed E-state index contributed by atoms with van der Waals surface area (Å²) in [4.78, 5) is 38.9. The summed E-state index contributed by atoms with van der Waals surface area (Å²) in [5.74, 6) is -0.378. The van der Waals surface area contributed by atoms with Crippen molar-refractivity contribution in [1.82, 2.24) is 10.6 Å². The Labute approximate surface area is 195 Å². The maximum atomic E-state index is 12.8. The van der Waals surface area contributed by atoms with E-state index in [-0.39, 0.29) is 5.91 Å². The lowest BCUT2D eigenvalue weighted by Crippen LogP contribution is -2.47. The van der Waals surface area contributed by atoms with E-state index in [1.807, 2.05) is 61.5 Å². The molecule has 0 spiro atoms. The summed E-state index contributed by atoms with van der Waals surface area (Å²) in [5.41, 5.74) is 1.80. The highest BCUT2D eigenvalue weighted by molar-refractivity contribution is 8.01. The molecule has 4 rings (SSSR count). The van der Waals surface area contributed by atoms with Crippen molar-refractivity contribution < 1.29 is 19.1 Å². The van der Waals surface area contributed by atoms with Gasteiger partial charge in [-0.15, -0.1) is 11.8 Å². The quantitative estimate of drug-likeness (QED) is 0.583. The summed E-state index contributed by atoms with van der Waals surface area (Å²) in [6, 6.07) is 17.2. The molecule has 2 aromatic rings. The van der Waals surface area contributed by atoms with E-state index in [1.165, 1.54) is 23.5 Å². The Morgan fingerprint density at radius 2 is 1.84 bits per heavy atom. The van der Waals surface area contributed by atoms with Crippen LogP contribution in [0.4, 0.5) is 10.5 Å². The monoisotopic (exact) mass is 471 g/mol. The molecular weight excluding hydrogens is 446 g/mol. The molecule has 168 valence electrons. The molecule has 4 unspecified atom stereocenters. The molecule has 0 radical (unpaired) electrons. The van der Waals surface area contributed by atoms with Gasteiger partial charge >= 0.3 is 6.09 Å². The number of amides is 3. The number of benzene rings is 2. The number of hydrogen-bond donors (Lipinski definition) is 3. The van der Waals surface area contributed by atoms with Gasteiger partial charge in [0.15, 0.2) is 5.37 Å². The number of thioether (sulfide) groups is 2. The van der Waals surface area contributed by atoms with Crippen LogP contribution < -0.4 is 16.0 Å². The molecule has 0 saturated carbocycles. The Morgan fingerprint density at radius 1 is 1.09 bits per heavy atom. The second-order valence-corrected chi connectivity index (χ2v) is 9.93. The second kappa shape index (κ2) is 10.3. The number of carbonyl (C=O) groups excluding carboxylic acids is 3. The zero-order valence-corrected chi connectivity index (χ0v) is 19.2. The first kappa shape index (κ1) is 22.5. The third-order valence-corrected chi connectivity index (χ3v) is 7.84. The van der Waals surface area contributed by atoms with Crippen LogP contribution >= 0.6 is 23.5 Å². The molecule has 4 atom stereocenters. The molecule has 0 aromatic heterocycles. The number of fused-ring (bicyclic) bond motifs is 1. The van der Waals surface area contributed by atoms with Crippen molar-refractivity contribution in [2.45, 2.75) is 41.5 Å². The molecule has 1 fully saturated rings. The number of ether oxygens (including phenoxy) is 1. The van der Waals surface area contributed by atoms with Gasteiger partial charge in [-0.25, -0.2) is 4.79 Å². The first-order valence-corrected chi connectivity index (χ1v) is 12.5. The van der Waals surface area contributed by atoms with Crippen molar-refractivity contribution in [3.63, 3.8) is 0 Å². The van der Waals surface area contributed by atoms with Crippen LogP contribution in [0.1, 0.15) is 31.4 Å². The molecule has 2 aliphatic heterocycles. The Bertz CT molecular complexity index is 963. The van der Waals surface area contributed by atoms with E-state index in [0.717, 1.165) is 21.9 Å². The molecule has 7 nitrogen and oxygen atoms in total. The van der Waals surface area contributed by atoms with Gasteiger partial charge in [-0.1, -0.05) is 61.2 Å². The van der Waals surface area contributed by atoms with Gasteiger partial charge in [0.05, 0.1) is 11.3 Å². The van der Waals surface area contributed by atoms with E-state index in [4.69, 9.17) is 4.74 Å². The number of anilines is 1. The summed E-state index contributed by atoms with van der Waals surface area (Å²) < 4.78 is 5.47. The average Bonchev–Trinajstić information content (AvgIpc) is 3.45. The van der Waals surface area contributed by atoms with E-state index in [9.17, 15) is 14.4 Å². The van der Waals surface area contributed by atoms with Gasteiger partial charge in [0.2, 0.25) is 5.91 Å². The minimum atomic E-state index is -0.767. The maximum Gasteiger partial charge on any atom is 0.414 e. The fourth-order valence-electron chi connectivity index (χ4n) is 3.73. The van der Waals surface area contributed by atoms with E-state index < -0.39 is 34.8 Å². The van der Waals surface area contributed by atoms with Gasteiger partial charge < -0.3 is 15.4 Å². The van der Waals surface area contributed by atoms with Crippen LogP contribution in [0.15, 0.2) is 59.5 Å². The molecule has 2 aromatic carbocycles. The lowest BCUT2D eigenvalue weighted by molar-refractivity contribution is -0.125. The van der Waals surface area contributed by atoms with Crippen LogP contribution in [0.3, 0.4) is 0 Å². The first-order valence-electron chi connectivity index (χ1n) is 10.6. The highest BCUT2D eigenvalue weighted by Crippen LogP contribution is 2.38. The Balaban J connectivity index is 1.30. The minimum absolute atomic E-state index is 0.180. The van der Waals surface area contributed by atoms with E-state index >= 15 is 0 Å². The Morgan fingerprint density at radius 3 is 2.59 bits per heavy atom. The zero-order valence-electron chi connectivity index (χ0n) is 17.6. The van der Waals surface area contributed by atoms with Gasteiger partial charge in [-0.05, 0) is 36.3 Å². The van der Waals surface area contributed by atoms with Crippen LogP contribution in [0.25, 0.3) is 0 Å². The third-order valence-electron chi connectivity index (χ3n) is 5.39. The lowest BCUT2D eigenvalue weighted by atomic mass is 10.1. The zero-order chi connectivity index (χ0) is 22.5. The Hall–Kier alpha value is -2.65. The van der Waals surface area contributed by atoms with E-state index in [2.05, 4.69) is 16.0 Å². The topological polar surface area (TPSA) is 96.5 Å². The SMILES string of the molecule is CCC(OC(=O)NC(=O)C1CCSC1NC(=O)C1Nc2ccccc2S1)c1ccccc1. The number of imide groups is 1. The van der Waals surface area contributed by atoms with E-state index in [0.29, 0.717) is 12.8 Å². The van der Waals surface area contributed by atoms with Crippen LogP contribution in [-0.2, 0) is 14.3 Å². The molecule has 3 N–H and O–H groups in total. The highest BCUT2D eigenvalue weighted by atomic mass is 32.2. The predicted molar refractivity (Wildman–Crippen MR) is 126 cm³/mol. The normalized spacial score (nSPS) is 22.3. The van der Waals surface area contributed by atoms with Gasteiger partial charge in [0, 0.05) is 10.6 Å². The van der Waals surface area contributed by atoms with E-state index in [1.54, 1.807) is 0 Å². The summed E-state index contributed by atoms with van der Waals surface area (Å²) in [6.07, 6.45) is -0.0191. The number of carbonyl (C=O) groups is 3. The van der Waals surface area contributed by atoms with Crippen molar-refractivity contribution in [2.24, 2.45) is 5.92 Å². The summed E-state index contributed by atoms with van der Waals surface area (Å²) in [5, 5.41) is 7.68. The molecule has 9 heteroatoms. The maximum absolute atomic E-state index is 12.8. The van der Waals surface area contributed by atoms with Crippen molar-refractivity contribution in [3.05, 3.63) is 60.2 Å². The first-order chi connectivity index (χ1) is 15.5. The molecule has 2 aliphatic rings. The van der Waals surface area contributed by atoms with Crippen LogP contribution in [-0.4, -0.2) is 34.4 Å². The number of alkyl carbamates (subject to hydrolysis) is 1. The summed E-state index contributed by atoms with van der Waals surface area (Å²) in [7, 11) is 0. The van der Waals surface area contributed by atoms with Crippen molar-refractivity contribution >= 4 is 47.1 Å². The number of nitrogens with one attached hydrogen (secondary N) is 3. The van der Waals surface area contributed by atoms with Crippen LogP contribution in [0, 0.1) is 5.92 Å². The standard InChI is InChI=1S/C23H25N3O4S2/c1-2-17(14-8-4-3-5-9-14)30-23(29)26-19(27)15-12-13-31-21(15)25-20(28)22-24-16-10-6-7-11-18(16)32-22/h3-11,15,17,21-22,24H,2,12-13H2,1H3,(H,25,28)(H,26,27,29). The van der Waals surface area contributed by atoms with Gasteiger partial charge in [-0.3, -0.25) is 14.9 Å². The molecule has 0 bridgehead atoms. The molecule has 0 aliphatic carbocycles. The average molecular weight is 472 g/mol. The van der Waals surface area contributed by atoms with Gasteiger partial charge in [-0.2, -0.15) is 0 Å². The molecule has 3 amide bonds. The predicted octanol–water partition coefficient (Wildman–Crippen LogP) is 4.13. The summed E-state index contributed by atoms with van der Waals surface area (Å²) >= 11 is 2.96. The third kappa shape index (κ3) is 5.21. The number of para-hydroxylation sites is 1. The molecule has 2 heterocycles. The van der Waals surface area contributed by atoms with Crippen molar-refractivity contribution in [2.75, 3.05) is 11.1 Å². The van der Waals surface area contributed by atoms with Crippen LogP contribution in [0.2, 0.25) is 0 Å². The second-order valence-electron chi connectivity index (χ2n) is 7.54. The number of hydrogen-bond acceptors (Lipinski definition) is 7.